The van der Waals surface area contributed by atoms with Crippen LogP contribution in [0.25, 0.3) is 0 Å². The van der Waals surface area contributed by atoms with Crippen molar-refractivity contribution >= 4 is 5.97 Å². The van der Waals surface area contributed by atoms with Crippen molar-refractivity contribution in [3.63, 3.8) is 0 Å². The molecule has 0 aromatic heterocycles. The molecule has 1 unspecified atom stereocenters. The maximum absolute atomic E-state index is 11.5. The minimum atomic E-state index is -0.126. The van der Waals surface area contributed by atoms with Gasteiger partial charge in [-0.15, -0.1) is 0 Å². The van der Waals surface area contributed by atoms with Crippen LogP contribution >= 0.6 is 0 Å². The Kier molecular flexibility index (Phi) is 17.8. The largest absolute Gasteiger partial charge is 0.465 e. The van der Waals surface area contributed by atoms with Gasteiger partial charge in [0.15, 0.2) is 0 Å². The standard InChI is InChI=1S/C22H44O3/c1-20(2)19-25-22(24)18-16-14-12-10-8-6-4-5-7-9-11-13-15-17-21(3)23/h20-21,23H,4-19H2,1-3H3. The van der Waals surface area contributed by atoms with Crippen LogP contribution in [0.5, 0.6) is 0 Å². The number of carbonyl (C=O) groups excluding carboxylic acids is 1. The Balaban J connectivity index is 3.10. The Bertz CT molecular complexity index is 287. The molecule has 0 aromatic rings. The molecule has 0 aliphatic heterocycles. The van der Waals surface area contributed by atoms with Gasteiger partial charge < -0.3 is 9.84 Å². The topological polar surface area (TPSA) is 46.5 Å². The van der Waals surface area contributed by atoms with Gasteiger partial charge in [-0.2, -0.15) is 0 Å². The molecule has 0 amide bonds. The lowest BCUT2D eigenvalue weighted by Gasteiger charge is -2.07. The summed E-state index contributed by atoms with van der Waals surface area (Å²) in [5, 5.41) is 9.19. The molecule has 0 fully saturated rings. The van der Waals surface area contributed by atoms with Crippen molar-refractivity contribution in [2.75, 3.05) is 6.61 Å². The number of hydrogen-bond acceptors (Lipinski definition) is 3. The summed E-state index contributed by atoms with van der Waals surface area (Å²) in [5.74, 6) is 0.401. The molecular formula is C22H44O3. The van der Waals surface area contributed by atoms with E-state index in [-0.39, 0.29) is 12.1 Å². The van der Waals surface area contributed by atoms with Crippen molar-refractivity contribution in [2.24, 2.45) is 5.92 Å². The highest BCUT2D eigenvalue weighted by atomic mass is 16.5. The van der Waals surface area contributed by atoms with Gasteiger partial charge in [-0.25, -0.2) is 0 Å². The van der Waals surface area contributed by atoms with Gasteiger partial charge in [0.1, 0.15) is 0 Å². The zero-order valence-electron chi connectivity index (χ0n) is 17.2. The van der Waals surface area contributed by atoms with Crippen LogP contribution in [0.15, 0.2) is 0 Å². The van der Waals surface area contributed by atoms with Crippen molar-refractivity contribution in [3.8, 4) is 0 Å². The summed E-state index contributed by atoms with van der Waals surface area (Å²) in [6.07, 6.45) is 18.0. The second-order valence-corrected chi connectivity index (χ2v) is 8.06. The van der Waals surface area contributed by atoms with Gasteiger partial charge in [-0.05, 0) is 25.7 Å². The highest BCUT2D eigenvalue weighted by Crippen LogP contribution is 2.14. The number of ether oxygens (including phenoxy) is 1. The molecule has 0 aromatic carbocycles. The zero-order chi connectivity index (χ0) is 18.8. The average molecular weight is 357 g/mol. The molecule has 0 saturated heterocycles. The van der Waals surface area contributed by atoms with E-state index in [9.17, 15) is 9.90 Å². The fourth-order valence-electron chi connectivity index (χ4n) is 2.99. The van der Waals surface area contributed by atoms with Gasteiger partial charge in [-0.3, -0.25) is 4.79 Å². The molecule has 0 spiro atoms. The van der Waals surface area contributed by atoms with Crippen LogP contribution in [0.2, 0.25) is 0 Å². The summed E-state index contributed by atoms with van der Waals surface area (Å²) in [4.78, 5) is 11.5. The number of carbonyl (C=O) groups is 1. The Labute approximate surface area is 156 Å². The van der Waals surface area contributed by atoms with Crippen molar-refractivity contribution in [2.45, 2.75) is 123 Å². The molecule has 3 heteroatoms. The molecule has 1 atom stereocenters. The van der Waals surface area contributed by atoms with Gasteiger partial charge >= 0.3 is 5.97 Å². The van der Waals surface area contributed by atoms with Crippen LogP contribution in [-0.4, -0.2) is 23.8 Å². The maximum Gasteiger partial charge on any atom is 0.305 e. The summed E-state index contributed by atoms with van der Waals surface area (Å²) in [5.41, 5.74) is 0. The second-order valence-electron chi connectivity index (χ2n) is 8.06. The zero-order valence-corrected chi connectivity index (χ0v) is 17.2. The predicted molar refractivity (Wildman–Crippen MR) is 107 cm³/mol. The molecule has 0 heterocycles. The lowest BCUT2D eigenvalue weighted by Crippen LogP contribution is -2.09. The SMILES string of the molecule is CC(C)COC(=O)CCCCCCCCCCCCCCCC(C)O. The summed E-state index contributed by atoms with van der Waals surface area (Å²) in [7, 11) is 0. The molecule has 0 aliphatic carbocycles. The van der Waals surface area contributed by atoms with E-state index in [1.165, 1.54) is 70.6 Å². The first kappa shape index (κ1) is 24.4. The quantitative estimate of drug-likeness (QED) is 0.228. The minimum Gasteiger partial charge on any atom is -0.465 e. The lowest BCUT2D eigenvalue weighted by atomic mass is 10.0. The molecule has 25 heavy (non-hydrogen) atoms. The summed E-state index contributed by atoms with van der Waals surface area (Å²) in [6.45, 7) is 6.56. The molecule has 0 aliphatic rings. The fraction of sp³-hybridized carbons (Fsp3) is 0.955. The molecule has 0 bridgehead atoms. The van der Waals surface area contributed by atoms with E-state index < -0.39 is 0 Å². The minimum absolute atomic E-state index is 0.0282. The Morgan fingerprint density at radius 2 is 1.12 bits per heavy atom. The number of aliphatic hydroxyl groups excluding tert-OH is 1. The smallest absolute Gasteiger partial charge is 0.305 e. The predicted octanol–water partition coefficient (Wildman–Crippen LogP) is 6.42. The molecule has 3 nitrogen and oxygen atoms in total. The number of rotatable bonds is 18. The molecule has 0 rings (SSSR count). The first-order chi connectivity index (χ1) is 12.0. The van der Waals surface area contributed by atoms with Crippen LogP contribution < -0.4 is 0 Å². The van der Waals surface area contributed by atoms with Crippen LogP contribution in [0.3, 0.4) is 0 Å². The third-order valence-electron chi connectivity index (χ3n) is 4.58. The Morgan fingerprint density at radius 1 is 0.720 bits per heavy atom. The molecule has 0 radical (unpaired) electrons. The maximum atomic E-state index is 11.5. The van der Waals surface area contributed by atoms with E-state index in [1.807, 2.05) is 6.92 Å². The average Bonchev–Trinajstić information content (AvgIpc) is 2.56. The summed E-state index contributed by atoms with van der Waals surface area (Å²) >= 11 is 0. The van der Waals surface area contributed by atoms with E-state index in [1.54, 1.807) is 0 Å². The van der Waals surface area contributed by atoms with Gasteiger partial charge in [0.25, 0.3) is 0 Å². The van der Waals surface area contributed by atoms with Crippen LogP contribution in [0.4, 0.5) is 0 Å². The Hall–Kier alpha value is -0.570. The van der Waals surface area contributed by atoms with Gasteiger partial charge in [-0.1, -0.05) is 90.9 Å². The molecule has 0 saturated carbocycles. The van der Waals surface area contributed by atoms with Gasteiger partial charge in [0.05, 0.1) is 12.7 Å². The van der Waals surface area contributed by atoms with Crippen LogP contribution in [-0.2, 0) is 9.53 Å². The molecule has 150 valence electrons. The van der Waals surface area contributed by atoms with Crippen molar-refractivity contribution in [1.82, 2.24) is 0 Å². The third kappa shape index (κ3) is 21.4. The van der Waals surface area contributed by atoms with Crippen molar-refractivity contribution < 1.29 is 14.6 Å². The van der Waals surface area contributed by atoms with E-state index in [2.05, 4.69) is 13.8 Å². The monoisotopic (exact) mass is 356 g/mol. The van der Waals surface area contributed by atoms with Crippen molar-refractivity contribution in [1.29, 1.82) is 0 Å². The summed E-state index contributed by atoms with van der Waals surface area (Å²) < 4.78 is 5.18. The van der Waals surface area contributed by atoms with E-state index >= 15 is 0 Å². The molecule has 1 N–H and O–H groups in total. The molecular weight excluding hydrogens is 312 g/mol. The summed E-state index contributed by atoms with van der Waals surface area (Å²) in [6, 6.07) is 0. The van der Waals surface area contributed by atoms with E-state index in [0.29, 0.717) is 18.9 Å². The lowest BCUT2D eigenvalue weighted by molar-refractivity contribution is -0.144. The van der Waals surface area contributed by atoms with E-state index in [4.69, 9.17) is 4.74 Å². The normalized spacial score (nSPS) is 12.5. The van der Waals surface area contributed by atoms with E-state index in [0.717, 1.165) is 19.3 Å². The fourth-order valence-corrected chi connectivity index (χ4v) is 2.99. The van der Waals surface area contributed by atoms with Gasteiger partial charge in [0.2, 0.25) is 0 Å². The van der Waals surface area contributed by atoms with Crippen LogP contribution in [0.1, 0.15) is 117 Å². The third-order valence-corrected chi connectivity index (χ3v) is 4.58. The number of unbranched alkanes of at least 4 members (excludes halogenated alkanes) is 12. The number of esters is 1. The highest BCUT2D eigenvalue weighted by Gasteiger charge is 2.03. The first-order valence-electron chi connectivity index (χ1n) is 10.9. The first-order valence-corrected chi connectivity index (χ1v) is 10.9. The number of aliphatic hydroxyl groups is 1. The van der Waals surface area contributed by atoms with Crippen LogP contribution in [0, 0.1) is 5.92 Å². The second kappa shape index (κ2) is 18.2. The Morgan fingerprint density at radius 3 is 1.52 bits per heavy atom. The number of hydrogen-bond donors (Lipinski definition) is 1. The van der Waals surface area contributed by atoms with Gasteiger partial charge in [0, 0.05) is 6.42 Å². The van der Waals surface area contributed by atoms with Crippen molar-refractivity contribution in [3.05, 3.63) is 0 Å². The highest BCUT2D eigenvalue weighted by molar-refractivity contribution is 5.69.